The smallest absolute Gasteiger partial charge is 0.0417 e. The normalized spacial score (nSPS) is 13.3. The van der Waals surface area contributed by atoms with Gasteiger partial charge in [-0.25, -0.2) is 0 Å². The molecule has 1 nitrogen and oxygen atoms in total. The van der Waals surface area contributed by atoms with Crippen molar-refractivity contribution in [3.05, 3.63) is 28.8 Å². The highest BCUT2D eigenvalue weighted by atomic mass is 35.5. The Kier molecular flexibility index (Phi) is 6.54. The molecule has 102 valence electrons. The fourth-order valence-electron chi connectivity index (χ4n) is 1.43. The van der Waals surface area contributed by atoms with Gasteiger partial charge in [-0.1, -0.05) is 52.3 Å². The first-order valence-corrected chi connectivity index (χ1v) is 7.84. The summed E-state index contributed by atoms with van der Waals surface area (Å²) in [5.74, 6) is 0.667. The summed E-state index contributed by atoms with van der Waals surface area (Å²) in [4.78, 5) is 1.30. The van der Waals surface area contributed by atoms with Crippen LogP contribution in [0.4, 0.5) is 0 Å². The summed E-state index contributed by atoms with van der Waals surface area (Å²) in [6, 6.07) is 6.69. The molecule has 0 bridgehead atoms. The van der Waals surface area contributed by atoms with E-state index in [2.05, 4.69) is 52.1 Å². The second-order valence-corrected chi connectivity index (χ2v) is 7.21. The van der Waals surface area contributed by atoms with Crippen LogP contribution in [0.5, 0.6) is 0 Å². The van der Waals surface area contributed by atoms with Gasteiger partial charge in [0.2, 0.25) is 0 Å². The van der Waals surface area contributed by atoms with Crippen molar-refractivity contribution in [2.45, 2.75) is 57.4 Å². The molecule has 0 heterocycles. The van der Waals surface area contributed by atoms with Crippen molar-refractivity contribution in [1.82, 2.24) is 5.32 Å². The number of rotatable bonds is 6. The minimum absolute atomic E-state index is 0.501. The lowest BCUT2D eigenvalue weighted by Gasteiger charge is -2.18. The summed E-state index contributed by atoms with van der Waals surface area (Å²) in [6.45, 7) is 12.0. The van der Waals surface area contributed by atoms with Crippen LogP contribution in [0, 0.1) is 5.92 Å². The van der Waals surface area contributed by atoms with E-state index < -0.39 is 0 Å². The molecule has 0 fully saturated rings. The molecule has 0 spiro atoms. The standard InChI is InChI=1S/C15H24ClNS/c1-10(2)12(5)18-15-8-14(16)7-6-13(15)9-17-11(3)4/h6-8,10-12,17H,9H2,1-5H3. The Balaban J connectivity index is 2.82. The highest BCUT2D eigenvalue weighted by Crippen LogP contribution is 2.32. The Morgan fingerprint density at radius 2 is 1.83 bits per heavy atom. The Morgan fingerprint density at radius 1 is 1.17 bits per heavy atom. The maximum absolute atomic E-state index is 6.11. The molecular weight excluding hydrogens is 262 g/mol. The quantitative estimate of drug-likeness (QED) is 0.740. The molecule has 0 amide bonds. The van der Waals surface area contributed by atoms with Crippen LogP contribution in [0.3, 0.4) is 0 Å². The third-order valence-corrected chi connectivity index (χ3v) is 4.77. The first-order valence-electron chi connectivity index (χ1n) is 6.58. The average molecular weight is 286 g/mol. The zero-order valence-corrected chi connectivity index (χ0v) is 13.5. The maximum atomic E-state index is 6.11. The Bertz CT molecular complexity index is 377. The van der Waals surface area contributed by atoms with Crippen molar-refractivity contribution >= 4 is 23.4 Å². The molecule has 1 rings (SSSR count). The predicted molar refractivity (Wildman–Crippen MR) is 83.6 cm³/mol. The molecular formula is C15H24ClNS. The second-order valence-electron chi connectivity index (χ2n) is 5.35. The molecule has 0 saturated carbocycles. The zero-order chi connectivity index (χ0) is 13.7. The summed E-state index contributed by atoms with van der Waals surface area (Å²) in [5.41, 5.74) is 1.34. The van der Waals surface area contributed by atoms with E-state index in [9.17, 15) is 0 Å². The lowest BCUT2D eigenvalue weighted by Crippen LogP contribution is -2.22. The predicted octanol–water partition coefficient (Wildman–Crippen LogP) is 4.97. The van der Waals surface area contributed by atoms with Crippen LogP contribution >= 0.6 is 23.4 Å². The van der Waals surface area contributed by atoms with Crippen molar-refractivity contribution in [3.63, 3.8) is 0 Å². The first-order chi connectivity index (χ1) is 8.40. The van der Waals surface area contributed by atoms with E-state index in [0.29, 0.717) is 17.2 Å². The van der Waals surface area contributed by atoms with Gasteiger partial charge in [0.05, 0.1) is 0 Å². The van der Waals surface area contributed by atoms with Gasteiger partial charge in [-0.05, 0) is 23.6 Å². The van der Waals surface area contributed by atoms with E-state index in [1.807, 2.05) is 17.8 Å². The topological polar surface area (TPSA) is 12.0 Å². The lowest BCUT2D eigenvalue weighted by atomic mass is 10.2. The maximum Gasteiger partial charge on any atom is 0.0417 e. The van der Waals surface area contributed by atoms with E-state index in [1.54, 1.807) is 0 Å². The lowest BCUT2D eigenvalue weighted by molar-refractivity contribution is 0.584. The van der Waals surface area contributed by atoms with Crippen LogP contribution < -0.4 is 5.32 Å². The van der Waals surface area contributed by atoms with Gasteiger partial charge in [0.25, 0.3) is 0 Å². The van der Waals surface area contributed by atoms with Crippen LogP contribution in [0.25, 0.3) is 0 Å². The van der Waals surface area contributed by atoms with Gasteiger partial charge in [0.15, 0.2) is 0 Å². The minimum atomic E-state index is 0.501. The van der Waals surface area contributed by atoms with Crippen molar-refractivity contribution in [1.29, 1.82) is 0 Å². The molecule has 1 unspecified atom stereocenters. The van der Waals surface area contributed by atoms with Crippen molar-refractivity contribution in [2.75, 3.05) is 0 Å². The van der Waals surface area contributed by atoms with E-state index in [1.165, 1.54) is 10.5 Å². The van der Waals surface area contributed by atoms with Gasteiger partial charge >= 0.3 is 0 Å². The highest BCUT2D eigenvalue weighted by molar-refractivity contribution is 8.00. The first kappa shape index (κ1) is 15.9. The summed E-state index contributed by atoms with van der Waals surface area (Å²) in [5, 5.41) is 4.89. The van der Waals surface area contributed by atoms with Gasteiger partial charge in [-0.3, -0.25) is 0 Å². The number of hydrogen-bond donors (Lipinski definition) is 1. The Morgan fingerprint density at radius 3 is 2.39 bits per heavy atom. The number of benzene rings is 1. The molecule has 0 radical (unpaired) electrons. The molecule has 0 aliphatic heterocycles. The van der Waals surface area contributed by atoms with E-state index in [-0.39, 0.29) is 0 Å². The van der Waals surface area contributed by atoms with Crippen molar-refractivity contribution in [2.24, 2.45) is 5.92 Å². The molecule has 0 saturated heterocycles. The fraction of sp³-hybridized carbons (Fsp3) is 0.600. The summed E-state index contributed by atoms with van der Waals surface area (Å²) < 4.78 is 0. The molecule has 0 aromatic heterocycles. The van der Waals surface area contributed by atoms with Crippen LogP contribution in [-0.4, -0.2) is 11.3 Å². The summed E-state index contributed by atoms with van der Waals surface area (Å²) in [7, 11) is 0. The summed E-state index contributed by atoms with van der Waals surface area (Å²) in [6.07, 6.45) is 0. The molecule has 0 aliphatic carbocycles. The Hall–Kier alpha value is -0.180. The number of halogens is 1. The minimum Gasteiger partial charge on any atom is -0.310 e. The Labute approximate surface area is 121 Å². The summed E-state index contributed by atoms with van der Waals surface area (Å²) >= 11 is 8.03. The number of thioether (sulfide) groups is 1. The van der Waals surface area contributed by atoms with Crippen LogP contribution in [0.15, 0.2) is 23.1 Å². The van der Waals surface area contributed by atoms with Gasteiger partial charge in [0.1, 0.15) is 0 Å². The third-order valence-electron chi connectivity index (χ3n) is 2.98. The zero-order valence-electron chi connectivity index (χ0n) is 12.0. The van der Waals surface area contributed by atoms with E-state index in [0.717, 1.165) is 11.6 Å². The van der Waals surface area contributed by atoms with Crippen molar-refractivity contribution in [3.8, 4) is 0 Å². The average Bonchev–Trinajstić information content (AvgIpc) is 2.27. The van der Waals surface area contributed by atoms with Crippen LogP contribution in [-0.2, 0) is 6.54 Å². The van der Waals surface area contributed by atoms with Gasteiger partial charge in [-0.2, -0.15) is 0 Å². The number of nitrogens with one attached hydrogen (secondary N) is 1. The van der Waals surface area contributed by atoms with Crippen molar-refractivity contribution < 1.29 is 0 Å². The third kappa shape index (κ3) is 5.21. The van der Waals surface area contributed by atoms with Gasteiger partial charge in [-0.15, -0.1) is 11.8 Å². The molecule has 1 atom stereocenters. The SMILES string of the molecule is CC(C)NCc1ccc(Cl)cc1SC(C)C(C)C. The van der Waals surface area contributed by atoms with Crippen LogP contribution in [0.2, 0.25) is 5.02 Å². The fourth-order valence-corrected chi connectivity index (χ4v) is 2.83. The molecule has 0 aliphatic rings. The monoisotopic (exact) mass is 285 g/mol. The molecule has 1 N–H and O–H groups in total. The number of hydrogen-bond acceptors (Lipinski definition) is 2. The molecule has 18 heavy (non-hydrogen) atoms. The van der Waals surface area contributed by atoms with E-state index in [4.69, 9.17) is 11.6 Å². The molecule has 1 aromatic carbocycles. The second kappa shape index (κ2) is 7.42. The highest BCUT2D eigenvalue weighted by Gasteiger charge is 2.12. The largest absolute Gasteiger partial charge is 0.310 e. The van der Waals surface area contributed by atoms with Gasteiger partial charge in [0, 0.05) is 27.8 Å². The van der Waals surface area contributed by atoms with E-state index >= 15 is 0 Å². The molecule has 1 aromatic rings. The van der Waals surface area contributed by atoms with Crippen LogP contribution in [0.1, 0.15) is 40.2 Å². The van der Waals surface area contributed by atoms with Gasteiger partial charge < -0.3 is 5.32 Å². The molecule has 3 heteroatoms.